The molecule has 12 heteroatoms. The van der Waals surface area contributed by atoms with Crippen molar-refractivity contribution in [1.29, 1.82) is 0 Å². The zero-order valence-electron chi connectivity index (χ0n) is 21.9. The van der Waals surface area contributed by atoms with Crippen LogP contribution in [0.3, 0.4) is 0 Å². The molecule has 0 saturated carbocycles. The van der Waals surface area contributed by atoms with E-state index >= 15 is 0 Å². The van der Waals surface area contributed by atoms with Crippen molar-refractivity contribution in [2.45, 2.75) is 32.0 Å². The van der Waals surface area contributed by atoms with Crippen LogP contribution in [0.5, 0.6) is 5.75 Å². The molecule has 204 valence electrons. The van der Waals surface area contributed by atoms with Crippen LogP contribution in [0.15, 0.2) is 46.9 Å². The molecule has 2 heterocycles. The monoisotopic (exact) mass is 604 g/mol. The summed E-state index contributed by atoms with van der Waals surface area (Å²) in [5, 5.41) is 15.0. The molecule has 0 aliphatic carbocycles. The average molecular weight is 606 g/mol. The molecule has 1 unspecified atom stereocenters. The van der Waals surface area contributed by atoms with Gasteiger partial charge < -0.3 is 19.4 Å². The second-order valence-corrected chi connectivity index (χ2v) is 11.4. The first-order chi connectivity index (χ1) is 18.6. The predicted octanol–water partition coefficient (Wildman–Crippen LogP) is 7.12. The molecule has 39 heavy (non-hydrogen) atoms. The number of amides is 1. The van der Waals surface area contributed by atoms with Crippen LogP contribution in [-0.2, 0) is 16.6 Å². The number of ether oxygens (including phenoxy) is 2. The first-order valence-electron chi connectivity index (χ1n) is 11.8. The van der Waals surface area contributed by atoms with Crippen molar-refractivity contribution in [3.05, 3.63) is 74.3 Å². The van der Waals surface area contributed by atoms with E-state index in [1.807, 2.05) is 44.4 Å². The molecular formula is C27H26Cl2N4O4S2. The number of nitrogens with zero attached hydrogens (tertiary/aromatic N) is 3. The lowest BCUT2D eigenvalue weighted by atomic mass is 9.97. The Morgan fingerprint density at radius 3 is 2.62 bits per heavy atom. The summed E-state index contributed by atoms with van der Waals surface area (Å²) in [4.78, 5) is 25.6. The fraction of sp³-hybridized carbons (Fsp3) is 0.259. The molecule has 0 aliphatic rings. The third-order valence-corrected chi connectivity index (χ3v) is 8.33. The van der Waals surface area contributed by atoms with Gasteiger partial charge in [0.15, 0.2) is 17.1 Å². The van der Waals surface area contributed by atoms with E-state index in [-0.39, 0.29) is 11.7 Å². The quantitative estimate of drug-likeness (QED) is 0.160. The first-order valence-corrected chi connectivity index (χ1v) is 14.4. The van der Waals surface area contributed by atoms with Gasteiger partial charge in [-0.2, -0.15) is 0 Å². The number of thiophene rings is 1. The highest BCUT2D eigenvalue weighted by atomic mass is 35.5. The van der Waals surface area contributed by atoms with Gasteiger partial charge in [-0.3, -0.25) is 4.79 Å². The number of halogens is 2. The van der Waals surface area contributed by atoms with Crippen LogP contribution in [0.4, 0.5) is 5.00 Å². The molecule has 0 saturated heterocycles. The van der Waals surface area contributed by atoms with Gasteiger partial charge in [0.05, 0.1) is 17.9 Å². The van der Waals surface area contributed by atoms with Crippen LogP contribution < -0.4 is 10.1 Å². The fourth-order valence-electron chi connectivity index (χ4n) is 3.89. The number of nitrogens with one attached hydrogen (secondary N) is 1. The topological polar surface area (TPSA) is 95.3 Å². The Morgan fingerprint density at radius 2 is 1.90 bits per heavy atom. The van der Waals surface area contributed by atoms with Crippen molar-refractivity contribution in [3.8, 4) is 16.9 Å². The number of hydrogen-bond donors (Lipinski definition) is 1. The Kier molecular flexibility index (Phi) is 9.22. The minimum atomic E-state index is -0.511. The van der Waals surface area contributed by atoms with E-state index in [1.54, 1.807) is 29.8 Å². The van der Waals surface area contributed by atoms with Crippen molar-refractivity contribution in [3.63, 3.8) is 0 Å². The van der Waals surface area contributed by atoms with E-state index in [0.29, 0.717) is 37.3 Å². The van der Waals surface area contributed by atoms with Crippen molar-refractivity contribution >= 4 is 63.2 Å². The molecule has 4 rings (SSSR count). The number of thioether (sulfide) groups is 1. The largest absolute Gasteiger partial charge is 0.481 e. The molecule has 4 aromatic rings. The van der Waals surface area contributed by atoms with E-state index in [2.05, 4.69) is 15.5 Å². The molecule has 2 aromatic heterocycles. The zero-order valence-corrected chi connectivity index (χ0v) is 25.0. The molecule has 1 N–H and O–H groups in total. The Bertz CT molecular complexity index is 1540. The highest BCUT2D eigenvalue weighted by Crippen LogP contribution is 2.38. The number of rotatable bonds is 9. The second-order valence-electron chi connectivity index (χ2n) is 8.73. The average Bonchev–Trinajstić information content (AvgIpc) is 3.48. The summed E-state index contributed by atoms with van der Waals surface area (Å²) in [5.74, 6) is 0.293. The SMILES string of the molecule is COC(=O)c1c(-c2cc(C)ccc2C)csc1NC(=O)CSc1nnc(C(C)Oc2ccc(Cl)cc2Cl)n1C. The Balaban J connectivity index is 1.45. The lowest BCUT2D eigenvalue weighted by Gasteiger charge is -2.15. The highest BCUT2D eigenvalue weighted by molar-refractivity contribution is 7.99. The van der Waals surface area contributed by atoms with Crippen molar-refractivity contribution in [2.75, 3.05) is 18.2 Å². The summed E-state index contributed by atoms with van der Waals surface area (Å²) in [6.07, 6.45) is -0.457. The van der Waals surface area contributed by atoms with E-state index < -0.39 is 12.1 Å². The van der Waals surface area contributed by atoms with E-state index in [1.165, 1.54) is 30.2 Å². The maximum Gasteiger partial charge on any atom is 0.341 e. The van der Waals surface area contributed by atoms with E-state index in [0.717, 1.165) is 22.3 Å². The normalized spacial score (nSPS) is 11.8. The van der Waals surface area contributed by atoms with E-state index in [4.69, 9.17) is 32.7 Å². The molecule has 0 radical (unpaired) electrons. The number of carbonyl (C=O) groups excluding carboxylic acids is 2. The number of esters is 1. The molecule has 0 spiro atoms. The molecule has 0 fully saturated rings. The number of benzene rings is 2. The van der Waals surface area contributed by atoms with Gasteiger partial charge in [-0.05, 0) is 50.1 Å². The molecular weight excluding hydrogens is 579 g/mol. The number of aromatic nitrogens is 3. The van der Waals surface area contributed by atoms with Gasteiger partial charge in [0.2, 0.25) is 5.91 Å². The lowest BCUT2D eigenvalue weighted by molar-refractivity contribution is -0.113. The summed E-state index contributed by atoms with van der Waals surface area (Å²) < 4.78 is 12.7. The number of carbonyl (C=O) groups is 2. The number of anilines is 1. The van der Waals surface area contributed by atoms with Crippen molar-refractivity contribution in [2.24, 2.45) is 7.05 Å². The Labute approximate surface area is 244 Å². The smallest absolute Gasteiger partial charge is 0.341 e. The molecule has 2 aromatic carbocycles. The van der Waals surface area contributed by atoms with Crippen LogP contribution >= 0.6 is 46.3 Å². The first kappa shape index (κ1) is 28.9. The molecule has 1 amide bonds. The van der Waals surface area contributed by atoms with Gasteiger partial charge in [-0.25, -0.2) is 4.79 Å². The van der Waals surface area contributed by atoms with Gasteiger partial charge in [0.1, 0.15) is 16.3 Å². The van der Waals surface area contributed by atoms with Crippen LogP contribution in [0.2, 0.25) is 10.0 Å². The summed E-state index contributed by atoms with van der Waals surface area (Å²) in [7, 11) is 3.12. The molecule has 8 nitrogen and oxygen atoms in total. The fourth-order valence-corrected chi connectivity index (χ4v) is 6.03. The van der Waals surface area contributed by atoms with Crippen molar-refractivity contribution < 1.29 is 19.1 Å². The standard InChI is InChI=1S/C27H26Cl2N4O4S2/c1-14-6-7-15(2)18(10-14)19-12-38-25(23(19)26(35)36-5)30-22(34)13-39-27-32-31-24(33(27)4)16(3)37-21-9-8-17(28)11-20(21)29/h6-12,16H,13H2,1-5H3,(H,30,34). The van der Waals surface area contributed by atoms with E-state index in [9.17, 15) is 9.59 Å². The minimum Gasteiger partial charge on any atom is -0.481 e. The maximum atomic E-state index is 12.9. The summed E-state index contributed by atoms with van der Waals surface area (Å²) >= 11 is 14.7. The third-order valence-electron chi connectivity index (χ3n) is 5.88. The highest BCUT2D eigenvalue weighted by Gasteiger charge is 2.24. The summed E-state index contributed by atoms with van der Waals surface area (Å²) in [6, 6.07) is 11.0. The summed E-state index contributed by atoms with van der Waals surface area (Å²) in [5.41, 5.74) is 4.07. The van der Waals surface area contributed by atoms with Crippen molar-refractivity contribution in [1.82, 2.24) is 14.8 Å². The maximum absolute atomic E-state index is 12.9. The minimum absolute atomic E-state index is 0.0571. The van der Waals surface area contributed by atoms with Crippen LogP contribution in [0, 0.1) is 13.8 Å². The van der Waals surface area contributed by atoms with Gasteiger partial charge in [-0.1, -0.05) is 58.7 Å². The second kappa shape index (κ2) is 12.4. The molecule has 0 bridgehead atoms. The van der Waals surface area contributed by atoms with Crippen LogP contribution in [0.1, 0.15) is 40.3 Å². The zero-order chi connectivity index (χ0) is 28.3. The number of hydrogen-bond acceptors (Lipinski definition) is 8. The Hall–Kier alpha value is -3.05. The van der Waals surface area contributed by atoms with Crippen LogP contribution in [0.25, 0.3) is 11.1 Å². The predicted molar refractivity (Wildman–Crippen MR) is 156 cm³/mol. The lowest BCUT2D eigenvalue weighted by Crippen LogP contribution is -2.16. The van der Waals surface area contributed by atoms with Gasteiger partial charge in [-0.15, -0.1) is 21.5 Å². The van der Waals surface area contributed by atoms with Crippen LogP contribution in [-0.4, -0.2) is 39.5 Å². The van der Waals surface area contributed by atoms with Gasteiger partial charge in [0, 0.05) is 23.0 Å². The summed E-state index contributed by atoms with van der Waals surface area (Å²) in [6.45, 7) is 5.80. The third kappa shape index (κ3) is 6.58. The van der Waals surface area contributed by atoms with Gasteiger partial charge >= 0.3 is 5.97 Å². The number of aryl methyl sites for hydroxylation is 2. The molecule has 0 aliphatic heterocycles. The van der Waals surface area contributed by atoms with Gasteiger partial charge in [0.25, 0.3) is 0 Å². The molecule has 1 atom stereocenters. The Morgan fingerprint density at radius 1 is 1.13 bits per heavy atom. The number of methoxy groups -OCH3 is 1.